The van der Waals surface area contributed by atoms with Gasteiger partial charge in [-0.05, 0) is 24.6 Å². The lowest BCUT2D eigenvalue weighted by Crippen LogP contribution is -2.32. The molecule has 2 aromatic rings. The summed E-state index contributed by atoms with van der Waals surface area (Å²) in [6.07, 6.45) is -0.990. The lowest BCUT2D eigenvalue weighted by atomic mass is 10.1. The zero-order valence-corrected chi connectivity index (χ0v) is 15.6. The van der Waals surface area contributed by atoms with Crippen molar-refractivity contribution in [2.75, 3.05) is 13.7 Å². The summed E-state index contributed by atoms with van der Waals surface area (Å²) in [5, 5.41) is 0. The van der Waals surface area contributed by atoms with Gasteiger partial charge in [0.15, 0.2) is 5.69 Å². The van der Waals surface area contributed by atoms with E-state index in [1.165, 1.54) is 24.1 Å². The number of benzene rings is 1. The average molecular weight is 398 g/mol. The van der Waals surface area contributed by atoms with Gasteiger partial charge in [0.25, 0.3) is 5.91 Å². The Labute approximate surface area is 160 Å². The van der Waals surface area contributed by atoms with Crippen LogP contribution >= 0.6 is 0 Å². The van der Waals surface area contributed by atoms with Crippen LogP contribution in [0, 0.1) is 0 Å². The van der Waals surface area contributed by atoms with E-state index in [0.717, 1.165) is 31.2 Å². The Morgan fingerprint density at radius 1 is 1.25 bits per heavy atom. The average Bonchev–Trinajstić information content (AvgIpc) is 3.14. The minimum absolute atomic E-state index is 0.0440. The van der Waals surface area contributed by atoms with Crippen molar-refractivity contribution < 1.29 is 31.9 Å². The molecule has 1 aromatic carbocycles. The van der Waals surface area contributed by atoms with E-state index < -0.39 is 23.6 Å². The summed E-state index contributed by atoms with van der Waals surface area (Å²) in [6, 6.07) is 4.26. The van der Waals surface area contributed by atoms with Crippen molar-refractivity contribution in [3.8, 4) is 0 Å². The van der Waals surface area contributed by atoms with Crippen molar-refractivity contribution in [1.29, 1.82) is 0 Å². The van der Waals surface area contributed by atoms with Crippen molar-refractivity contribution in [2.45, 2.75) is 38.9 Å². The van der Waals surface area contributed by atoms with Gasteiger partial charge in [-0.2, -0.15) is 13.2 Å². The fourth-order valence-electron chi connectivity index (χ4n) is 2.56. The van der Waals surface area contributed by atoms with Crippen molar-refractivity contribution in [3.63, 3.8) is 0 Å². The van der Waals surface area contributed by atoms with E-state index >= 15 is 0 Å². The van der Waals surface area contributed by atoms with Crippen molar-refractivity contribution in [2.24, 2.45) is 0 Å². The summed E-state index contributed by atoms with van der Waals surface area (Å²) < 4.78 is 48.6. The largest absolute Gasteiger partial charge is 0.464 e. The second kappa shape index (κ2) is 9.38. The summed E-state index contributed by atoms with van der Waals surface area (Å²) in [7, 11) is 1.20. The minimum atomic E-state index is -4.54. The zero-order valence-electron chi connectivity index (χ0n) is 15.6. The SMILES string of the molecule is CCCCCN(Cc1nc(C(=O)OC)co1)C(=O)c1cccc(C(F)(F)F)c1. The number of methoxy groups -OCH3 is 1. The van der Waals surface area contributed by atoms with Gasteiger partial charge in [0.2, 0.25) is 5.89 Å². The number of hydrogen-bond acceptors (Lipinski definition) is 5. The maximum atomic E-state index is 12.9. The predicted molar refractivity (Wildman–Crippen MR) is 93.6 cm³/mol. The normalized spacial score (nSPS) is 11.3. The molecule has 28 heavy (non-hydrogen) atoms. The molecule has 1 heterocycles. The highest BCUT2D eigenvalue weighted by molar-refractivity contribution is 5.94. The predicted octanol–water partition coefficient (Wildman–Crippen LogP) is 4.31. The van der Waals surface area contributed by atoms with Crippen LogP contribution in [0.3, 0.4) is 0 Å². The quantitative estimate of drug-likeness (QED) is 0.489. The van der Waals surface area contributed by atoms with Gasteiger partial charge in [0.1, 0.15) is 6.26 Å². The van der Waals surface area contributed by atoms with Crippen molar-refractivity contribution >= 4 is 11.9 Å². The number of ether oxygens (including phenoxy) is 1. The second-order valence-electron chi connectivity index (χ2n) is 6.13. The molecule has 0 aliphatic rings. The van der Waals surface area contributed by atoms with E-state index in [-0.39, 0.29) is 23.7 Å². The number of rotatable bonds is 8. The van der Waals surface area contributed by atoms with Gasteiger partial charge in [-0.1, -0.05) is 25.8 Å². The lowest BCUT2D eigenvalue weighted by Gasteiger charge is -2.21. The number of esters is 1. The molecule has 0 aliphatic heterocycles. The first kappa shape index (κ1) is 21.5. The highest BCUT2D eigenvalue weighted by Gasteiger charge is 2.31. The number of alkyl halides is 3. The van der Waals surface area contributed by atoms with Gasteiger partial charge in [-0.25, -0.2) is 9.78 Å². The number of halogens is 3. The van der Waals surface area contributed by atoms with Crippen LogP contribution in [0.25, 0.3) is 0 Å². The van der Waals surface area contributed by atoms with E-state index in [2.05, 4.69) is 9.72 Å². The third-order valence-corrected chi connectivity index (χ3v) is 4.03. The third kappa shape index (κ3) is 5.58. The van der Waals surface area contributed by atoms with Gasteiger partial charge >= 0.3 is 12.1 Å². The number of oxazole rings is 1. The summed E-state index contributed by atoms with van der Waals surface area (Å²) in [6.45, 7) is 2.24. The Balaban J connectivity index is 2.23. The zero-order chi connectivity index (χ0) is 20.7. The molecule has 0 atom stereocenters. The smallest absolute Gasteiger partial charge is 0.416 e. The molecule has 0 N–H and O–H groups in total. The van der Waals surface area contributed by atoms with Crippen LogP contribution in [0.1, 0.15) is 58.5 Å². The fraction of sp³-hybridized carbons (Fsp3) is 0.421. The molecular weight excluding hydrogens is 377 g/mol. The molecule has 0 aliphatic carbocycles. The summed E-state index contributed by atoms with van der Waals surface area (Å²) in [5.41, 5.74) is -1.01. The van der Waals surface area contributed by atoms with Crippen molar-refractivity contribution in [1.82, 2.24) is 9.88 Å². The minimum Gasteiger partial charge on any atom is -0.464 e. The second-order valence-corrected chi connectivity index (χ2v) is 6.13. The first-order chi connectivity index (χ1) is 13.3. The van der Waals surface area contributed by atoms with Gasteiger partial charge in [-0.3, -0.25) is 4.79 Å². The monoisotopic (exact) mass is 398 g/mol. The molecule has 0 saturated heterocycles. The number of nitrogens with zero attached hydrogens (tertiary/aromatic N) is 2. The Morgan fingerprint density at radius 3 is 2.64 bits per heavy atom. The van der Waals surface area contributed by atoms with Gasteiger partial charge < -0.3 is 14.1 Å². The number of amides is 1. The first-order valence-electron chi connectivity index (χ1n) is 8.75. The topological polar surface area (TPSA) is 72.6 Å². The maximum Gasteiger partial charge on any atom is 0.416 e. The molecule has 0 fully saturated rings. The highest BCUT2D eigenvalue weighted by atomic mass is 19.4. The molecule has 1 aromatic heterocycles. The molecule has 0 bridgehead atoms. The first-order valence-corrected chi connectivity index (χ1v) is 8.75. The van der Waals surface area contributed by atoms with E-state index in [1.54, 1.807) is 0 Å². The van der Waals surface area contributed by atoms with Crippen LogP contribution in [0.5, 0.6) is 0 Å². The molecule has 2 rings (SSSR count). The van der Waals surface area contributed by atoms with Crippen molar-refractivity contribution in [3.05, 3.63) is 53.2 Å². The maximum absolute atomic E-state index is 12.9. The van der Waals surface area contributed by atoms with Gasteiger partial charge in [-0.15, -0.1) is 0 Å². The molecule has 9 heteroatoms. The summed E-state index contributed by atoms with van der Waals surface area (Å²) >= 11 is 0. The van der Waals surface area contributed by atoms with Crippen LogP contribution < -0.4 is 0 Å². The van der Waals surface area contributed by atoms with E-state index in [4.69, 9.17) is 4.42 Å². The molecule has 0 radical (unpaired) electrons. The van der Waals surface area contributed by atoms with Gasteiger partial charge in [0, 0.05) is 12.1 Å². The van der Waals surface area contributed by atoms with Crippen LogP contribution in [0.15, 0.2) is 34.9 Å². The van der Waals surface area contributed by atoms with E-state index in [9.17, 15) is 22.8 Å². The Hall–Kier alpha value is -2.84. The molecule has 0 spiro atoms. The van der Waals surface area contributed by atoms with Gasteiger partial charge in [0.05, 0.1) is 19.2 Å². The lowest BCUT2D eigenvalue weighted by molar-refractivity contribution is -0.137. The molecule has 6 nitrogen and oxygen atoms in total. The van der Waals surface area contributed by atoms with Crippen LogP contribution in [0.2, 0.25) is 0 Å². The molecular formula is C19H21F3N2O4. The Bertz CT molecular complexity index is 818. The fourth-order valence-corrected chi connectivity index (χ4v) is 2.56. The number of carbonyl (C=O) groups excluding carboxylic acids is 2. The number of carbonyl (C=O) groups is 2. The molecule has 1 amide bonds. The van der Waals surface area contributed by atoms with E-state index in [0.29, 0.717) is 13.0 Å². The van der Waals surface area contributed by atoms with Crippen LogP contribution in [-0.2, 0) is 17.5 Å². The molecule has 0 unspecified atom stereocenters. The molecule has 0 saturated carbocycles. The Kier molecular flexibility index (Phi) is 7.19. The third-order valence-electron chi connectivity index (χ3n) is 4.03. The summed E-state index contributed by atoms with van der Waals surface area (Å²) in [5.74, 6) is -1.16. The number of aromatic nitrogens is 1. The highest BCUT2D eigenvalue weighted by Crippen LogP contribution is 2.30. The molecule has 152 valence electrons. The Morgan fingerprint density at radius 2 is 2.00 bits per heavy atom. The standard InChI is InChI=1S/C19H21F3N2O4/c1-3-4-5-9-24(11-16-23-15(12-28-16)18(26)27-2)17(25)13-7-6-8-14(10-13)19(20,21)22/h6-8,10,12H,3-5,9,11H2,1-2H3. The van der Waals surface area contributed by atoms with E-state index in [1.807, 2.05) is 6.92 Å². The van der Waals surface area contributed by atoms with Crippen LogP contribution in [0.4, 0.5) is 13.2 Å². The number of hydrogen-bond donors (Lipinski definition) is 0. The van der Waals surface area contributed by atoms with Crippen LogP contribution in [-0.4, -0.2) is 35.4 Å². The number of unbranched alkanes of at least 4 members (excludes halogenated alkanes) is 2. The summed E-state index contributed by atoms with van der Waals surface area (Å²) in [4.78, 5) is 29.6.